The molecule has 27 heavy (non-hydrogen) atoms. The van der Waals surface area contributed by atoms with Gasteiger partial charge in [0.15, 0.2) is 0 Å². The van der Waals surface area contributed by atoms with Crippen LogP contribution in [0.15, 0.2) is 52.9 Å². The third-order valence-electron chi connectivity index (χ3n) is 5.56. The van der Waals surface area contributed by atoms with Crippen LogP contribution in [-0.4, -0.2) is 24.2 Å². The van der Waals surface area contributed by atoms with Crippen molar-refractivity contribution in [3.8, 4) is 0 Å². The number of nitrogens with zero attached hydrogens (tertiary/aromatic N) is 1. The second-order valence-electron chi connectivity index (χ2n) is 7.67. The van der Waals surface area contributed by atoms with E-state index in [-0.39, 0.29) is 0 Å². The molecule has 1 nitrogen and oxygen atoms in total. The third-order valence-corrected chi connectivity index (χ3v) is 7.22. The fourth-order valence-corrected chi connectivity index (χ4v) is 5.74. The van der Waals surface area contributed by atoms with Crippen LogP contribution < -0.4 is 0 Å². The van der Waals surface area contributed by atoms with Gasteiger partial charge in [0, 0.05) is 39.7 Å². The van der Waals surface area contributed by atoms with Gasteiger partial charge in [-0.1, -0.05) is 47.0 Å². The Kier molecular flexibility index (Phi) is 6.18. The zero-order valence-corrected chi connectivity index (χ0v) is 18.0. The van der Waals surface area contributed by atoms with Crippen molar-refractivity contribution in [1.29, 1.82) is 0 Å². The number of allylic oxidation sites excluding steroid dienone is 1. The lowest BCUT2D eigenvalue weighted by atomic mass is 9.85. The predicted molar refractivity (Wildman–Crippen MR) is 118 cm³/mol. The van der Waals surface area contributed by atoms with E-state index in [4.69, 9.17) is 23.2 Å². The smallest absolute Gasteiger partial charge is 0.0468 e. The van der Waals surface area contributed by atoms with Crippen LogP contribution in [0.5, 0.6) is 0 Å². The Hall–Kier alpha value is -0.930. The van der Waals surface area contributed by atoms with Crippen molar-refractivity contribution in [3.05, 3.63) is 74.8 Å². The molecule has 142 valence electrons. The van der Waals surface area contributed by atoms with Gasteiger partial charge in [-0.3, -0.25) is 0 Å². The molecule has 1 heterocycles. The lowest BCUT2D eigenvalue weighted by molar-refractivity contribution is 0.295. The Morgan fingerprint density at radius 3 is 2.85 bits per heavy atom. The standard InChI is InChI=1S/C23H25Cl2NS/c1-26-13-21(20-11-18(24)12-23(25)22(20)14-26)17-8-5-9-19(10-17)27-15-16-6-3-2-4-7-16/h5-6,8-12,21H,2-4,7,13-15H2,1H3. The molecule has 0 N–H and O–H groups in total. The van der Waals surface area contributed by atoms with Gasteiger partial charge in [0.2, 0.25) is 0 Å². The molecule has 2 aromatic carbocycles. The van der Waals surface area contributed by atoms with Gasteiger partial charge >= 0.3 is 0 Å². The molecule has 0 spiro atoms. The van der Waals surface area contributed by atoms with Crippen molar-refractivity contribution < 1.29 is 0 Å². The summed E-state index contributed by atoms with van der Waals surface area (Å²) in [6.45, 7) is 1.87. The van der Waals surface area contributed by atoms with Crippen LogP contribution in [0.2, 0.25) is 10.0 Å². The largest absolute Gasteiger partial charge is 0.301 e. The van der Waals surface area contributed by atoms with Gasteiger partial charge in [0.1, 0.15) is 0 Å². The van der Waals surface area contributed by atoms with E-state index in [1.807, 2.05) is 17.8 Å². The fraction of sp³-hybridized carbons (Fsp3) is 0.391. The minimum Gasteiger partial charge on any atom is -0.301 e. The van der Waals surface area contributed by atoms with Gasteiger partial charge in [-0.25, -0.2) is 0 Å². The summed E-state index contributed by atoms with van der Waals surface area (Å²) in [6.07, 6.45) is 7.66. The number of hydrogen-bond donors (Lipinski definition) is 0. The Morgan fingerprint density at radius 1 is 1.15 bits per heavy atom. The molecule has 0 saturated carbocycles. The lowest BCUT2D eigenvalue weighted by Gasteiger charge is -2.33. The SMILES string of the molecule is CN1Cc2c(Cl)cc(Cl)cc2C(c2cccc(SCC3=CCCCC3)c2)C1. The van der Waals surface area contributed by atoms with Gasteiger partial charge in [0.25, 0.3) is 0 Å². The molecule has 1 aliphatic carbocycles. The molecule has 0 radical (unpaired) electrons. The maximum Gasteiger partial charge on any atom is 0.0468 e. The molecule has 0 saturated heterocycles. The Labute approximate surface area is 176 Å². The zero-order chi connectivity index (χ0) is 18.8. The van der Waals surface area contributed by atoms with E-state index in [0.29, 0.717) is 5.92 Å². The first-order valence-electron chi connectivity index (χ1n) is 9.67. The van der Waals surface area contributed by atoms with Gasteiger partial charge in [0.05, 0.1) is 0 Å². The van der Waals surface area contributed by atoms with E-state index in [2.05, 4.69) is 48.4 Å². The molecular weight excluding hydrogens is 393 g/mol. The summed E-state index contributed by atoms with van der Waals surface area (Å²) in [4.78, 5) is 3.70. The van der Waals surface area contributed by atoms with Crippen molar-refractivity contribution in [2.45, 2.75) is 43.0 Å². The monoisotopic (exact) mass is 417 g/mol. The van der Waals surface area contributed by atoms with Crippen molar-refractivity contribution >= 4 is 35.0 Å². The number of fused-ring (bicyclic) bond motifs is 1. The Morgan fingerprint density at radius 2 is 2.04 bits per heavy atom. The van der Waals surface area contributed by atoms with Crippen LogP contribution >= 0.6 is 35.0 Å². The molecule has 4 heteroatoms. The second-order valence-corrected chi connectivity index (χ2v) is 9.57. The van der Waals surface area contributed by atoms with E-state index in [1.54, 1.807) is 5.57 Å². The minimum absolute atomic E-state index is 0.310. The number of thioether (sulfide) groups is 1. The molecule has 2 aliphatic rings. The molecule has 0 fully saturated rings. The molecule has 1 atom stereocenters. The highest BCUT2D eigenvalue weighted by atomic mass is 35.5. The average molecular weight is 418 g/mol. The minimum atomic E-state index is 0.310. The molecule has 0 aromatic heterocycles. The van der Waals surface area contributed by atoms with E-state index in [0.717, 1.165) is 28.9 Å². The van der Waals surface area contributed by atoms with Crippen LogP contribution in [0, 0.1) is 0 Å². The third kappa shape index (κ3) is 4.56. The van der Waals surface area contributed by atoms with Crippen LogP contribution in [0.1, 0.15) is 48.3 Å². The molecule has 0 amide bonds. The van der Waals surface area contributed by atoms with Crippen LogP contribution in [0.3, 0.4) is 0 Å². The first-order chi connectivity index (χ1) is 13.1. The molecule has 0 bridgehead atoms. The van der Waals surface area contributed by atoms with Crippen molar-refractivity contribution in [1.82, 2.24) is 4.90 Å². The summed E-state index contributed by atoms with van der Waals surface area (Å²) in [6, 6.07) is 13.0. The lowest BCUT2D eigenvalue weighted by Crippen LogP contribution is -2.31. The van der Waals surface area contributed by atoms with Gasteiger partial charge < -0.3 is 4.90 Å². The summed E-state index contributed by atoms with van der Waals surface area (Å²) >= 11 is 14.8. The highest BCUT2D eigenvalue weighted by molar-refractivity contribution is 7.99. The fourth-order valence-electron chi connectivity index (χ4n) is 4.16. The van der Waals surface area contributed by atoms with E-state index in [9.17, 15) is 0 Å². The summed E-state index contributed by atoms with van der Waals surface area (Å²) in [5, 5.41) is 1.51. The molecular formula is C23H25Cl2NS. The molecule has 2 aromatic rings. The number of hydrogen-bond acceptors (Lipinski definition) is 2. The zero-order valence-electron chi connectivity index (χ0n) is 15.7. The first kappa shape index (κ1) is 19.4. The van der Waals surface area contributed by atoms with Crippen LogP contribution in [0.25, 0.3) is 0 Å². The van der Waals surface area contributed by atoms with Gasteiger partial charge in [-0.05, 0) is 73.7 Å². The van der Waals surface area contributed by atoms with Crippen LogP contribution in [-0.2, 0) is 6.54 Å². The van der Waals surface area contributed by atoms with E-state index in [1.165, 1.54) is 47.3 Å². The average Bonchev–Trinajstić information content (AvgIpc) is 2.67. The maximum absolute atomic E-state index is 6.51. The Bertz CT molecular complexity index is 861. The molecule has 4 rings (SSSR count). The summed E-state index contributed by atoms with van der Waals surface area (Å²) in [5.41, 5.74) is 5.45. The van der Waals surface area contributed by atoms with Crippen molar-refractivity contribution in [2.75, 3.05) is 19.3 Å². The van der Waals surface area contributed by atoms with Crippen molar-refractivity contribution in [2.24, 2.45) is 0 Å². The Balaban J connectivity index is 1.59. The number of likely N-dealkylation sites (N-methyl/N-ethyl adjacent to an activating group) is 1. The highest BCUT2D eigenvalue weighted by Crippen LogP contribution is 2.39. The predicted octanol–water partition coefficient (Wildman–Crippen LogP) is 7.16. The van der Waals surface area contributed by atoms with E-state index < -0.39 is 0 Å². The molecule has 1 unspecified atom stereocenters. The number of rotatable bonds is 4. The second kappa shape index (κ2) is 8.61. The summed E-state index contributed by atoms with van der Waals surface area (Å²) < 4.78 is 0. The van der Waals surface area contributed by atoms with Crippen molar-refractivity contribution in [3.63, 3.8) is 0 Å². The van der Waals surface area contributed by atoms with Gasteiger partial charge in [-0.15, -0.1) is 11.8 Å². The highest BCUT2D eigenvalue weighted by Gasteiger charge is 2.27. The van der Waals surface area contributed by atoms with Crippen LogP contribution in [0.4, 0.5) is 0 Å². The topological polar surface area (TPSA) is 3.24 Å². The maximum atomic E-state index is 6.51. The van der Waals surface area contributed by atoms with E-state index >= 15 is 0 Å². The summed E-state index contributed by atoms with van der Waals surface area (Å²) in [5.74, 6) is 1.42. The van der Waals surface area contributed by atoms with Gasteiger partial charge in [-0.2, -0.15) is 0 Å². The summed E-state index contributed by atoms with van der Waals surface area (Å²) in [7, 11) is 2.16. The quantitative estimate of drug-likeness (QED) is 0.383. The number of halogens is 2. The normalized spacial score (nSPS) is 20.3. The first-order valence-corrected chi connectivity index (χ1v) is 11.4. The molecule has 1 aliphatic heterocycles. The number of benzene rings is 2.